The van der Waals surface area contributed by atoms with Gasteiger partial charge in [0, 0.05) is 0 Å². The molecule has 86 valence electrons. The molecule has 0 aliphatic carbocycles. The molecule has 1 rings (SSSR count). The maximum absolute atomic E-state index is 13.2. The molecule has 0 bridgehead atoms. The van der Waals surface area contributed by atoms with E-state index in [1.165, 1.54) is 19.3 Å². The van der Waals surface area contributed by atoms with E-state index in [1.54, 1.807) is 0 Å². The van der Waals surface area contributed by atoms with E-state index in [0.717, 1.165) is 12.1 Å². The van der Waals surface area contributed by atoms with Crippen molar-refractivity contribution >= 4 is 12.0 Å². The summed E-state index contributed by atoms with van der Waals surface area (Å²) in [5.41, 5.74) is 0.247. The highest BCUT2D eigenvalue weighted by atomic mass is 19.1. The average Bonchev–Trinajstić information content (AvgIpc) is 2.16. The van der Waals surface area contributed by atoms with Crippen LogP contribution in [0.4, 0.5) is 8.78 Å². The number of halogens is 2. The van der Waals surface area contributed by atoms with Crippen LogP contribution >= 0.6 is 0 Å². The van der Waals surface area contributed by atoms with Gasteiger partial charge in [-0.15, -0.1) is 0 Å². The summed E-state index contributed by atoms with van der Waals surface area (Å²) >= 11 is 0. The van der Waals surface area contributed by atoms with Crippen LogP contribution in [0.15, 0.2) is 18.2 Å². The Bertz CT molecular complexity index is 404. The third-order valence-corrected chi connectivity index (χ3v) is 1.83. The molecule has 1 N–H and O–H groups in total. The predicted octanol–water partition coefficient (Wildman–Crippen LogP) is 2.46. The Kier molecular flexibility index (Phi) is 3.99. The molecule has 0 fully saturated rings. The first kappa shape index (κ1) is 12.2. The van der Waals surface area contributed by atoms with Crippen molar-refractivity contribution < 1.29 is 23.4 Å². The molecule has 0 aromatic heterocycles. The van der Waals surface area contributed by atoms with E-state index in [1.807, 2.05) is 0 Å². The smallest absolute Gasteiger partial charge is 0.307 e. The van der Waals surface area contributed by atoms with E-state index in [9.17, 15) is 13.6 Å². The van der Waals surface area contributed by atoms with Gasteiger partial charge in [0.2, 0.25) is 0 Å². The highest BCUT2D eigenvalue weighted by Crippen LogP contribution is 2.23. The molecule has 3 nitrogen and oxygen atoms in total. The maximum atomic E-state index is 13.2. The van der Waals surface area contributed by atoms with Gasteiger partial charge >= 0.3 is 5.97 Å². The van der Waals surface area contributed by atoms with Gasteiger partial charge < -0.3 is 9.84 Å². The SMILES string of the molecule is COc1c(F)cc(C=CCC(=O)O)cc1F. The summed E-state index contributed by atoms with van der Waals surface area (Å²) in [6.07, 6.45) is 2.44. The topological polar surface area (TPSA) is 46.5 Å². The lowest BCUT2D eigenvalue weighted by Gasteiger charge is -2.04. The highest BCUT2D eigenvalue weighted by molar-refractivity contribution is 5.70. The first-order valence-corrected chi connectivity index (χ1v) is 4.46. The monoisotopic (exact) mass is 228 g/mol. The largest absolute Gasteiger partial charge is 0.491 e. The van der Waals surface area contributed by atoms with Gasteiger partial charge in [0.15, 0.2) is 17.4 Å². The Morgan fingerprint density at radius 1 is 1.44 bits per heavy atom. The van der Waals surface area contributed by atoms with E-state index in [4.69, 9.17) is 5.11 Å². The fourth-order valence-corrected chi connectivity index (χ4v) is 1.17. The molecular formula is C11H10F2O3. The van der Waals surface area contributed by atoms with E-state index in [2.05, 4.69) is 4.74 Å². The second-order valence-electron chi connectivity index (χ2n) is 3.02. The van der Waals surface area contributed by atoms with Gasteiger partial charge in [-0.3, -0.25) is 4.79 Å². The Hall–Kier alpha value is -1.91. The third kappa shape index (κ3) is 3.05. The fraction of sp³-hybridized carbons (Fsp3) is 0.182. The lowest BCUT2D eigenvalue weighted by Crippen LogP contribution is -1.94. The van der Waals surface area contributed by atoms with E-state index in [-0.39, 0.29) is 12.0 Å². The minimum absolute atomic E-state index is 0.199. The van der Waals surface area contributed by atoms with Crippen LogP contribution in [-0.4, -0.2) is 18.2 Å². The zero-order chi connectivity index (χ0) is 12.1. The van der Waals surface area contributed by atoms with Gasteiger partial charge in [-0.1, -0.05) is 12.2 Å². The van der Waals surface area contributed by atoms with Crippen LogP contribution < -0.4 is 4.74 Å². The van der Waals surface area contributed by atoms with Gasteiger partial charge in [0.25, 0.3) is 0 Å². The summed E-state index contributed by atoms with van der Waals surface area (Å²) in [7, 11) is 1.17. The summed E-state index contributed by atoms with van der Waals surface area (Å²) in [4.78, 5) is 10.2. The molecule has 0 heterocycles. The van der Waals surface area contributed by atoms with Gasteiger partial charge in [0.05, 0.1) is 13.5 Å². The van der Waals surface area contributed by atoms with E-state index in [0.29, 0.717) is 0 Å². The Morgan fingerprint density at radius 2 is 2.00 bits per heavy atom. The number of hydrogen-bond acceptors (Lipinski definition) is 2. The Labute approximate surface area is 91.0 Å². The molecule has 0 atom stereocenters. The van der Waals surface area contributed by atoms with Crippen LogP contribution in [0.3, 0.4) is 0 Å². The number of carbonyl (C=O) groups is 1. The minimum atomic E-state index is -1.01. The normalized spacial score (nSPS) is 10.7. The van der Waals surface area contributed by atoms with E-state index >= 15 is 0 Å². The van der Waals surface area contributed by atoms with Crippen LogP contribution in [0.5, 0.6) is 5.75 Å². The van der Waals surface area contributed by atoms with Crippen molar-refractivity contribution in [3.8, 4) is 5.75 Å². The number of carboxylic acids is 1. The molecule has 16 heavy (non-hydrogen) atoms. The first-order chi connectivity index (χ1) is 7.54. The van der Waals surface area contributed by atoms with Crippen LogP contribution in [0, 0.1) is 11.6 Å². The fourth-order valence-electron chi connectivity index (χ4n) is 1.17. The summed E-state index contributed by atoms with van der Waals surface area (Å²) in [5.74, 6) is -3.10. The Morgan fingerprint density at radius 3 is 2.44 bits per heavy atom. The second kappa shape index (κ2) is 5.25. The number of methoxy groups -OCH3 is 1. The van der Waals surface area contributed by atoms with Crippen LogP contribution in [0.25, 0.3) is 6.08 Å². The number of carboxylic acid groups (broad SMARTS) is 1. The Balaban J connectivity index is 2.91. The van der Waals surface area contributed by atoms with Crippen molar-refractivity contribution in [2.24, 2.45) is 0 Å². The average molecular weight is 228 g/mol. The second-order valence-corrected chi connectivity index (χ2v) is 3.02. The van der Waals surface area contributed by atoms with Crippen molar-refractivity contribution in [1.29, 1.82) is 0 Å². The summed E-state index contributed by atoms with van der Waals surface area (Å²) in [5, 5.41) is 8.36. The van der Waals surface area contributed by atoms with Gasteiger partial charge in [0.1, 0.15) is 0 Å². The van der Waals surface area contributed by atoms with E-state index < -0.39 is 23.4 Å². The number of aliphatic carboxylic acids is 1. The lowest BCUT2D eigenvalue weighted by molar-refractivity contribution is -0.135. The number of benzene rings is 1. The standard InChI is InChI=1S/C11H10F2O3/c1-16-11-8(12)5-7(6-9(11)13)3-2-4-10(14)15/h2-3,5-6H,4H2,1H3,(H,14,15). The highest BCUT2D eigenvalue weighted by Gasteiger charge is 2.09. The van der Waals surface area contributed by atoms with Gasteiger partial charge in [-0.25, -0.2) is 8.78 Å². The molecular weight excluding hydrogens is 218 g/mol. The molecule has 0 unspecified atom stereocenters. The van der Waals surface area contributed by atoms with Crippen molar-refractivity contribution in [1.82, 2.24) is 0 Å². The zero-order valence-corrected chi connectivity index (χ0v) is 8.54. The van der Waals surface area contributed by atoms with Crippen LogP contribution in [0.2, 0.25) is 0 Å². The molecule has 5 heteroatoms. The zero-order valence-electron chi connectivity index (χ0n) is 8.54. The number of rotatable bonds is 4. The molecule has 0 saturated carbocycles. The molecule has 0 radical (unpaired) electrons. The molecule has 0 saturated heterocycles. The quantitative estimate of drug-likeness (QED) is 0.861. The predicted molar refractivity (Wildman–Crippen MR) is 54.2 cm³/mol. The minimum Gasteiger partial charge on any atom is -0.491 e. The third-order valence-electron chi connectivity index (χ3n) is 1.83. The molecule has 0 spiro atoms. The number of ether oxygens (including phenoxy) is 1. The maximum Gasteiger partial charge on any atom is 0.307 e. The van der Waals surface area contributed by atoms with Crippen molar-refractivity contribution in [3.63, 3.8) is 0 Å². The van der Waals surface area contributed by atoms with Crippen LogP contribution in [-0.2, 0) is 4.79 Å². The lowest BCUT2D eigenvalue weighted by atomic mass is 10.1. The van der Waals surface area contributed by atoms with Gasteiger partial charge in [-0.2, -0.15) is 0 Å². The molecule has 0 amide bonds. The molecule has 0 aliphatic heterocycles. The van der Waals surface area contributed by atoms with Crippen molar-refractivity contribution in [2.75, 3.05) is 7.11 Å². The van der Waals surface area contributed by atoms with Crippen molar-refractivity contribution in [3.05, 3.63) is 35.4 Å². The summed E-state index contributed by atoms with van der Waals surface area (Å²) in [6.45, 7) is 0. The molecule has 0 aliphatic rings. The number of hydrogen-bond donors (Lipinski definition) is 1. The first-order valence-electron chi connectivity index (χ1n) is 4.46. The summed E-state index contributed by atoms with van der Waals surface area (Å²) in [6, 6.07) is 2.14. The summed E-state index contributed by atoms with van der Waals surface area (Å²) < 4.78 is 30.9. The molecule has 1 aromatic rings. The van der Waals surface area contributed by atoms with Gasteiger partial charge in [-0.05, 0) is 17.7 Å². The molecule has 1 aromatic carbocycles. The van der Waals surface area contributed by atoms with Crippen LogP contribution in [0.1, 0.15) is 12.0 Å². The van der Waals surface area contributed by atoms with Crippen molar-refractivity contribution in [2.45, 2.75) is 6.42 Å².